The Balaban J connectivity index is 0.00000144. The first kappa shape index (κ1) is 18.1. The number of nitrogens with zero attached hydrogens (tertiary/aromatic N) is 3. The largest absolute Gasteiger partial charge is 0.329 e. The molecule has 0 radical (unpaired) electrons. The van der Waals surface area contributed by atoms with Gasteiger partial charge in [0, 0.05) is 51.2 Å². The third kappa shape index (κ3) is 5.38. The fraction of sp³-hybridized carbons (Fsp3) is 0.727. The lowest BCUT2D eigenvalue weighted by Gasteiger charge is -2.34. The summed E-state index contributed by atoms with van der Waals surface area (Å²) in [6.45, 7) is 9.41. The highest BCUT2D eigenvalue weighted by Crippen LogP contribution is 2.11. The van der Waals surface area contributed by atoms with Gasteiger partial charge in [0.05, 0.1) is 10.7 Å². The second-order valence-corrected chi connectivity index (χ2v) is 5.33. The van der Waals surface area contributed by atoms with E-state index in [1.165, 1.54) is 5.69 Å². The van der Waals surface area contributed by atoms with Crippen LogP contribution in [0.3, 0.4) is 0 Å². The number of piperazine rings is 1. The van der Waals surface area contributed by atoms with Gasteiger partial charge in [-0.3, -0.25) is 9.80 Å². The monoisotopic (exact) mass is 312 g/mol. The lowest BCUT2D eigenvalue weighted by molar-refractivity contribution is 0.129. The van der Waals surface area contributed by atoms with Gasteiger partial charge in [-0.1, -0.05) is 0 Å². The molecule has 1 saturated heterocycles. The molecule has 0 amide bonds. The Bertz CT molecular complexity index is 327. The molecule has 1 fully saturated rings. The summed E-state index contributed by atoms with van der Waals surface area (Å²) in [6, 6.07) is 0. The van der Waals surface area contributed by atoms with E-state index in [4.69, 9.17) is 5.73 Å². The number of halogens is 2. The van der Waals surface area contributed by atoms with Crippen LogP contribution in [0, 0.1) is 6.92 Å². The number of nitrogens with two attached hydrogens (primary N) is 1. The Labute approximate surface area is 125 Å². The lowest BCUT2D eigenvalue weighted by atomic mass is 10.3. The molecule has 1 aromatic heterocycles. The summed E-state index contributed by atoms with van der Waals surface area (Å²) < 4.78 is 0. The van der Waals surface area contributed by atoms with E-state index in [9.17, 15) is 0 Å². The molecule has 2 rings (SSSR count). The molecule has 1 aliphatic rings. The van der Waals surface area contributed by atoms with Gasteiger partial charge in [-0.05, 0) is 6.92 Å². The third-order valence-electron chi connectivity index (χ3n) is 2.96. The summed E-state index contributed by atoms with van der Waals surface area (Å²) in [6.07, 6.45) is 0. The van der Waals surface area contributed by atoms with Crippen molar-refractivity contribution in [2.45, 2.75) is 13.5 Å². The van der Waals surface area contributed by atoms with Crippen LogP contribution in [0.5, 0.6) is 0 Å². The smallest absolute Gasteiger partial charge is 0.0897 e. The molecule has 1 aliphatic heterocycles. The van der Waals surface area contributed by atoms with Crippen molar-refractivity contribution in [2.75, 3.05) is 39.3 Å². The summed E-state index contributed by atoms with van der Waals surface area (Å²) in [7, 11) is 0. The quantitative estimate of drug-likeness (QED) is 0.912. The zero-order chi connectivity index (χ0) is 11.4. The molecule has 0 spiro atoms. The van der Waals surface area contributed by atoms with Crippen LogP contribution >= 0.6 is 36.2 Å². The highest BCUT2D eigenvalue weighted by molar-refractivity contribution is 7.09. The predicted octanol–water partition coefficient (Wildman–Crippen LogP) is 1.37. The van der Waals surface area contributed by atoms with Gasteiger partial charge in [-0.25, -0.2) is 4.98 Å². The standard InChI is InChI=1S/C11H20N4S.2ClH/c1-10-13-11(9-16-10)8-15-6-4-14(3-2-12)5-7-15;;/h9H,2-8,12H2,1H3;2*1H. The molecule has 0 atom stereocenters. The first-order valence-electron chi connectivity index (χ1n) is 5.83. The zero-order valence-corrected chi connectivity index (χ0v) is 13.1. The van der Waals surface area contributed by atoms with E-state index in [1.54, 1.807) is 11.3 Å². The van der Waals surface area contributed by atoms with Crippen LogP contribution in [0.4, 0.5) is 0 Å². The Morgan fingerprint density at radius 3 is 2.33 bits per heavy atom. The van der Waals surface area contributed by atoms with E-state index in [-0.39, 0.29) is 24.8 Å². The topological polar surface area (TPSA) is 45.4 Å². The van der Waals surface area contributed by atoms with E-state index in [0.717, 1.165) is 50.8 Å². The molecule has 1 aromatic rings. The molecule has 4 nitrogen and oxygen atoms in total. The molecule has 106 valence electrons. The summed E-state index contributed by atoms with van der Waals surface area (Å²) in [5.74, 6) is 0. The number of thiazole rings is 1. The van der Waals surface area contributed by atoms with Crippen LogP contribution < -0.4 is 5.73 Å². The van der Waals surface area contributed by atoms with Crippen LogP contribution in [0.25, 0.3) is 0 Å². The van der Waals surface area contributed by atoms with Gasteiger partial charge in [0.1, 0.15) is 0 Å². The van der Waals surface area contributed by atoms with Crippen LogP contribution in [-0.2, 0) is 6.54 Å². The summed E-state index contributed by atoms with van der Waals surface area (Å²) in [5.41, 5.74) is 6.77. The maximum absolute atomic E-state index is 5.56. The molecule has 2 N–H and O–H groups in total. The van der Waals surface area contributed by atoms with E-state index in [1.807, 2.05) is 0 Å². The average molecular weight is 313 g/mol. The van der Waals surface area contributed by atoms with E-state index < -0.39 is 0 Å². The Morgan fingerprint density at radius 1 is 1.22 bits per heavy atom. The van der Waals surface area contributed by atoms with Gasteiger partial charge >= 0.3 is 0 Å². The Hall–Kier alpha value is 0.0900. The molecule has 0 aliphatic carbocycles. The number of hydrogen-bond donors (Lipinski definition) is 1. The molecule has 2 heterocycles. The minimum Gasteiger partial charge on any atom is -0.329 e. The van der Waals surface area contributed by atoms with Gasteiger partial charge in [-0.2, -0.15) is 0 Å². The van der Waals surface area contributed by atoms with Crippen LogP contribution in [0.2, 0.25) is 0 Å². The zero-order valence-electron chi connectivity index (χ0n) is 10.7. The molecule has 18 heavy (non-hydrogen) atoms. The lowest BCUT2D eigenvalue weighted by Crippen LogP contribution is -2.47. The van der Waals surface area contributed by atoms with E-state index in [0.29, 0.717) is 0 Å². The summed E-state index contributed by atoms with van der Waals surface area (Å²) in [5, 5.41) is 3.33. The van der Waals surface area contributed by atoms with Crippen LogP contribution in [0.15, 0.2) is 5.38 Å². The van der Waals surface area contributed by atoms with Crippen molar-refractivity contribution in [3.05, 3.63) is 16.1 Å². The Kier molecular flexibility index (Phi) is 9.11. The fourth-order valence-electron chi connectivity index (χ4n) is 2.06. The Morgan fingerprint density at radius 2 is 1.83 bits per heavy atom. The highest BCUT2D eigenvalue weighted by atomic mass is 35.5. The van der Waals surface area contributed by atoms with Crippen molar-refractivity contribution in [3.8, 4) is 0 Å². The van der Waals surface area contributed by atoms with Crippen molar-refractivity contribution in [2.24, 2.45) is 5.73 Å². The van der Waals surface area contributed by atoms with Crippen molar-refractivity contribution >= 4 is 36.2 Å². The minimum atomic E-state index is 0. The molecule has 0 aromatic carbocycles. The van der Waals surface area contributed by atoms with Crippen molar-refractivity contribution < 1.29 is 0 Å². The second kappa shape index (κ2) is 9.07. The third-order valence-corrected chi connectivity index (χ3v) is 3.78. The molecular weight excluding hydrogens is 291 g/mol. The maximum Gasteiger partial charge on any atom is 0.0897 e. The molecule has 7 heteroatoms. The number of hydrogen-bond acceptors (Lipinski definition) is 5. The number of rotatable bonds is 4. The van der Waals surface area contributed by atoms with Crippen LogP contribution in [-0.4, -0.2) is 54.1 Å². The van der Waals surface area contributed by atoms with Crippen LogP contribution in [0.1, 0.15) is 10.7 Å². The first-order valence-corrected chi connectivity index (χ1v) is 6.71. The molecule has 0 bridgehead atoms. The molecule has 0 unspecified atom stereocenters. The molecule has 0 saturated carbocycles. The predicted molar refractivity (Wildman–Crippen MR) is 82.1 cm³/mol. The van der Waals surface area contributed by atoms with Crippen molar-refractivity contribution in [1.29, 1.82) is 0 Å². The summed E-state index contributed by atoms with van der Waals surface area (Å²) in [4.78, 5) is 9.41. The van der Waals surface area contributed by atoms with E-state index in [2.05, 4.69) is 27.1 Å². The second-order valence-electron chi connectivity index (χ2n) is 4.26. The van der Waals surface area contributed by atoms with Gasteiger partial charge < -0.3 is 5.73 Å². The number of aromatic nitrogens is 1. The number of aryl methyl sites for hydroxylation is 1. The van der Waals surface area contributed by atoms with Gasteiger partial charge in [0.15, 0.2) is 0 Å². The van der Waals surface area contributed by atoms with E-state index >= 15 is 0 Å². The SMILES string of the molecule is Cc1nc(CN2CCN(CCN)CC2)cs1.Cl.Cl. The highest BCUT2D eigenvalue weighted by Gasteiger charge is 2.16. The summed E-state index contributed by atoms with van der Waals surface area (Å²) >= 11 is 1.74. The van der Waals surface area contributed by atoms with Gasteiger partial charge in [0.2, 0.25) is 0 Å². The fourth-order valence-corrected chi connectivity index (χ4v) is 2.67. The average Bonchev–Trinajstić information content (AvgIpc) is 2.67. The maximum atomic E-state index is 5.56. The van der Waals surface area contributed by atoms with Gasteiger partial charge in [0.25, 0.3) is 0 Å². The minimum absolute atomic E-state index is 0. The van der Waals surface area contributed by atoms with Crippen molar-refractivity contribution in [1.82, 2.24) is 14.8 Å². The normalized spacial score (nSPS) is 17.0. The van der Waals surface area contributed by atoms with Gasteiger partial charge in [-0.15, -0.1) is 36.2 Å². The van der Waals surface area contributed by atoms with Crippen molar-refractivity contribution in [3.63, 3.8) is 0 Å². The molecular formula is C11H22Cl2N4S. The first-order chi connectivity index (χ1) is 7.78.